The van der Waals surface area contributed by atoms with E-state index in [1.807, 2.05) is 19.1 Å². The van der Waals surface area contributed by atoms with Crippen LogP contribution in [0.15, 0.2) is 24.3 Å². The van der Waals surface area contributed by atoms with Crippen molar-refractivity contribution >= 4 is 0 Å². The summed E-state index contributed by atoms with van der Waals surface area (Å²) < 4.78 is 5.22. The summed E-state index contributed by atoms with van der Waals surface area (Å²) in [5.74, 6) is 1.29. The molecule has 4 nitrogen and oxygen atoms in total. The quantitative estimate of drug-likeness (QED) is 0.873. The van der Waals surface area contributed by atoms with Crippen molar-refractivity contribution in [1.29, 1.82) is 0 Å². The van der Waals surface area contributed by atoms with Crippen molar-refractivity contribution in [3.63, 3.8) is 0 Å². The highest BCUT2D eigenvalue weighted by Crippen LogP contribution is 2.30. The first-order chi connectivity index (χ1) is 10.0. The van der Waals surface area contributed by atoms with Gasteiger partial charge in [0.25, 0.3) is 0 Å². The molecule has 0 bridgehead atoms. The fourth-order valence-corrected chi connectivity index (χ4v) is 3.33. The predicted molar refractivity (Wildman–Crippen MR) is 85.4 cm³/mol. The lowest BCUT2D eigenvalue weighted by Crippen LogP contribution is -2.45. The number of methoxy groups -OCH3 is 1. The van der Waals surface area contributed by atoms with Gasteiger partial charge in [0.05, 0.1) is 13.2 Å². The molecule has 0 aliphatic carbocycles. The van der Waals surface area contributed by atoms with E-state index in [0.717, 1.165) is 31.7 Å². The van der Waals surface area contributed by atoms with Crippen LogP contribution in [0, 0.1) is 5.92 Å². The molecule has 1 aliphatic rings. The van der Waals surface area contributed by atoms with E-state index >= 15 is 0 Å². The molecule has 118 valence electrons. The Bertz CT molecular complexity index is 423. The predicted octanol–water partition coefficient (Wildman–Crippen LogP) is 2.18. The molecule has 0 spiro atoms. The SMILES string of the molecule is COc1ccc(C(C(C)N)N2CCC(C(C)O)CC2)cc1. The number of hydrogen-bond acceptors (Lipinski definition) is 4. The number of piperidine rings is 1. The van der Waals surface area contributed by atoms with Crippen molar-refractivity contribution in [2.75, 3.05) is 20.2 Å². The number of hydrogen-bond donors (Lipinski definition) is 2. The number of nitrogens with two attached hydrogens (primary N) is 1. The van der Waals surface area contributed by atoms with Gasteiger partial charge >= 0.3 is 0 Å². The molecule has 1 saturated heterocycles. The van der Waals surface area contributed by atoms with Crippen LogP contribution in [0.25, 0.3) is 0 Å². The van der Waals surface area contributed by atoms with Crippen LogP contribution in [0.5, 0.6) is 5.75 Å². The number of aliphatic hydroxyl groups is 1. The topological polar surface area (TPSA) is 58.7 Å². The third-order valence-electron chi connectivity index (χ3n) is 4.61. The summed E-state index contributed by atoms with van der Waals surface area (Å²) in [6.45, 7) is 5.95. The Labute approximate surface area is 127 Å². The highest BCUT2D eigenvalue weighted by Gasteiger charge is 2.29. The largest absolute Gasteiger partial charge is 0.497 e. The lowest BCUT2D eigenvalue weighted by molar-refractivity contribution is 0.0511. The Morgan fingerprint density at radius 2 is 1.76 bits per heavy atom. The normalized spacial score (nSPS) is 21.8. The van der Waals surface area contributed by atoms with E-state index in [1.54, 1.807) is 7.11 Å². The molecule has 1 fully saturated rings. The molecule has 4 heteroatoms. The maximum atomic E-state index is 9.73. The van der Waals surface area contributed by atoms with Crippen LogP contribution >= 0.6 is 0 Å². The van der Waals surface area contributed by atoms with Gasteiger partial charge in [-0.2, -0.15) is 0 Å². The summed E-state index contributed by atoms with van der Waals surface area (Å²) in [5, 5.41) is 9.73. The van der Waals surface area contributed by atoms with Crippen molar-refractivity contribution in [2.24, 2.45) is 11.7 Å². The van der Waals surface area contributed by atoms with Crippen LogP contribution in [0.1, 0.15) is 38.3 Å². The van der Waals surface area contributed by atoms with Crippen molar-refractivity contribution in [2.45, 2.75) is 44.9 Å². The summed E-state index contributed by atoms with van der Waals surface area (Å²) in [6.07, 6.45) is 1.87. The van der Waals surface area contributed by atoms with Gasteiger partial charge in [0.1, 0.15) is 5.75 Å². The van der Waals surface area contributed by atoms with Crippen molar-refractivity contribution in [1.82, 2.24) is 4.90 Å². The molecule has 21 heavy (non-hydrogen) atoms. The molecule has 1 aromatic carbocycles. The molecule has 3 N–H and O–H groups in total. The Morgan fingerprint density at radius 1 is 1.19 bits per heavy atom. The van der Waals surface area contributed by atoms with E-state index in [4.69, 9.17) is 10.5 Å². The molecule has 1 aromatic rings. The van der Waals surface area contributed by atoms with Crippen molar-refractivity contribution < 1.29 is 9.84 Å². The minimum atomic E-state index is -0.207. The summed E-state index contributed by atoms with van der Waals surface area (Å²) in [5.41, 5.74) is 7.48. The van der Waals surface area contributed by atoms with E-state index in [-0.39, 0.29) is 18.2 Å². The van der Waals surface area contributed by atoms with Gasteiger partial charge < -0.3 is 15.6 Å². The van der Waals surface area contributed by atoms with Gasteiger partial charge in [0.15, 0.2) is 0 Å². The second kappa shape index (κ2) is 7.25. The number of benzene rings is 1. The van der Waals surface area contributed by atoms with Crippen LogP contribution < -0.4 is 10.5 Å². The first-order valence-electron chi connectivity index (χ1n) is 7.84. The summed E-state index contributed by atoms with van der Waals surface area (Å²) in [6, 6.07) is 8.49. The van der Waals surface area contributed by atoms with Crippen LogP contribution in [0.4, 0.5) is 0 Å². The maximum Gasteiger partial charge on any atom is 0.118 e. The average Bonchev–Trinajstić information content (AvgIpc) is 2.48. The van der Waals surface area contributed by atoms with Gasteiger partial charge in [-0.3, -0.25) is 4.90 Å². The highest BCUT2D eigenvalue weighted by molar-refractivity contribution is 5.30. The Kier molecular flexibility index (Phi) is 5.62. The zero-order valence-electron chi connectivity index (χ0n) is 13.3. The molecular formula is C17H28N2O2. The summed E-state index contributed by atoms with van der Waals surface area (Å²) in [7, 11) is 1.68. The van der Waals surface area contributed by atoms with Crippen molar-refractivity contribution in [3.8, 4) is 5.75 Å². The Morgan fingerprint density at radius 3 is 2.19 bits per heavy atom. The van der Waals surface area contributed by atoms with Crippen molar-refractivity contribution in [3.05, 3.63) is 29.8 Å². The first kappa shape index (κ1) is 16.3. The maximum absolute atomic E-state index is 9.73. The number of ether oxygens (including phenoxy) is 1. The number of likely N-dealkylation sites (tertiary alicyclic amines) is 1. The second-order valence-electron chi connectivity index (χ2n) is 6.19. The highest BCUT2D eigenvalue weighted by atomic mass is 16.5. The molecule has 3 unspecified atom stereocenters. The standard InChI is InChI=1S/C17H28N2O2/c1-12(18)17(15-4-6-16(21-3)7-5-15)19-10-8-14(9-11-19)13(2)20/h4-7,12-14,17,20H,8-11,18H2,1-3H3. The molecule has 3 atom stereocenters. The van der Waals surface area contributed by atoms with E-state index < -0.39 is 0 Å². The van der Waals surface area contributed by atoms with Gasteiger partial charge in [0, 0.05) is 12.1 Å². The lowest BCUT2D eigenvalue weighted by Gasteiger charge is -2.40. The smallest absolute Gasteiger partial charge is 0.118 e. The van der Waals surface area contributed by atoms with E-state index in [0.29, 0.717) is 5.92 Å². The average molecular weight is 292 g/mol. The third-order valence-corrected chi connectivity index (χ3v) is 4.61. The first-order valence-corrected chi connectivity index (χ1v) is 7.84. The lowest BCUT2D eigenvalue weighted by atomic mass is 9.89. The molecule has 0 saturated carbocycles. The fraction of sp³-hybridized carbons (Fsp3) is 0.647. The van der Waals surface area contributed by atoms with E-state index in [1.165, 1.54) is 5.56 Å². The molecule has 0 aromatic heterocycles. The third kappa shape index (κ3) is 3.96. The van der Waals surface area contributed by atoms with E-state index in [9.17, 15) is 5.11 Å². The van der Waals surface area contributed by atoms with Crippen LogP contribution in [0.2, 0.25) is 0 Å². The summed E-state index contributed by atoms with van der Waals surface area (Å²) in [4.78, 5) is 2.45. The number of rotatable bonds is 5. The molecule has 2 rings (SSSR count). The number of nitrogens with zero attached hydrogens (tertiary/aromatic N) is 1. The minimum absolute atomic E-state index is 0.0708. The Hall–Kier alpha value is -1.10. The molecular weight excluding hydrogens is 264 g/mol. The summed E-state index contributed by atoms with van der Waals surface area (Å²) >= 11 is 0. The van der Waals surface area contributed by atoms with Crippen LogP contribution in [0.3, 0.4) is 0 Å². The molecule has 1 heterocycles. The second-order valence-corrected chi connectivity index (χ2v) is 6.19. The molecule has 1 aliphatic heterocycles. The zero-order valence-corrected chi connectivity index (χ0v) is 13.3. The fourth-order valence-electron chi connectivity index (χ4n) is 3.33. The number of aliphatic hydroxyl groups excluding tert-OH is 1. The van der Waals surface area contributed by atoms with Gasteiger partial charge in [0.2, 0.25) is 0 Å². The van der Waals surface area contributed by atoms with E-state index in [2.05, 4.69) is 24.0 Å². The van der Waals surface area contributed by atoms with Gasteiger partial charge in [-0.25, -0.2) is 0 Å². The van der Waals surface area contributed by atoms with Crippen LogP contribution in [-0.2, 0) is 0 Å². The van der Waals surface area contributed by atoms with Gasteiger partial charge in [-0.1, -0.05) is 12.1 Å². The Balaban J connectivity index is 2.09. The van der Waals surface area contributed by atoms with Crippen LogP contribution in [-0.4, -0.2) is 42.4 Å². The molecule has 0 radical (unpaired) electrons. The van der Waals surface area contributed by atoms with Gasteiger partial charge in [-0.15, -0.1) is 0 Å². The minimum Gasteiger partial charge on any atom is -0.497 e. The monoisotopic (exact) mass is 292 g/mol. The van der Waals surface area contributed by atoms with Gasteiger partial charge in [-0.05, 0) is 63.4 Å². The molecule has 0 amide bonds. The zero-order chi connectivity index (χ0) is 15.4.